The molecule has 2 N–H and O–H groups in total. The molecule has 2 atom stereocenters. The van der Waals surface area contributed by atoms with E-state index < -0.39 is 0 Å². The van der Waals surface area contributed by atoms with Crippen molar-refractivity contribution in [2.45, 2.75) is 31.9 Å². The minimum absolute atomic E-state index is 0.0591. The second-order valence-electron chi connectivity index (χ2n) is 5.23. The standard InChI is InChI=1S/C15H24N2O2/c1-12(11-18-2)19-15-7-3-6-14(9-15)17-8-4-5-13(16)10-17/h3,6-7,9,12-13H,4-5,8,10-11,16H2,1-2H3. The number of methoxy groups -OCH3 is 1. The van der Waals surface area contributed by atoms with Gasteiger partial charge in [-0.15, -0.1) is 0 Å². The maximum Gasteiger partial charge on any atom is 0.121 e. The lowest BCUT2D eigenvalue weighted by Gasteiger charge is -2.32. The van der Waals surface area contributed by atoms with Gasteiger partial charge in [0.2, 0.25) is 0 Å². The Labute approximate surface area is 115 Å². The van der Waals surface area contributed by atoms with Crippen LogP contribution < -0.4 is 15.4 Å². The Bertz CT molecular complexity index is 397. The van der Waals surface area contributed by atoms with Gasteiger partial charge in [0.05, 0.1) is 6.61 Å². The van der Waals surface area contributed by atoms with E-state index in [-0.39, 0.29) is 12.1 Å². The molecule has 1 aromatic carbocycles. The summed E-state index contributed by atoms with van der Waals surface area (Å²) in [7, 11) is 1.69. The van der Waals surface area contributed by atoms with Gasteiger partial charge in [0.25, 0.3) is 0 Å². The van der Waals surface area contributed by atoms with Gasteiger partial charge in [-0.25, -0.2) is 0 Å². The van der Waals surface area contributed by atoms with E-state index in [4.69, 9.17) is 15.2 Å². The van der Waals surface area contributed by atoms with E-state index >= 15 is 0 Å². The van der Waals surface area contributed by atoms with Gasteiger partial charge in [0.1, 0.15) is 11.9 Å². The van der Waals surface area contributed by atoms with Gasteiger partial charge in [-0.05, 0) is 31.9 Å². The van der Waals surface area contributed by atoms with Crippen molar-refractivity contribution in [1.29, 1.82) is 0 Å². The van der Waals surface area contributed by atoms with Crippen LogP contribution >= 0.6 is 0 Å². The fraction of sp³-hybridized carbons (Fsp3) is 0.600. The zero-order valence-electron chi connectivity index (χ0n) is 11.8. The Balaban J connectivity index is 2.02. The van der Waals surface area contributed by atoms with Crippen molar-refractivity contribution < 1.29 is 9.47 Å². The van der Waals surface area contributed by atoms with Crippen molar-refractivity contribution in [2.75, 3.05) is 31.7 Å². The number of hydrogen-bond donors (Lipinski definition) is 1. The molecule has 2 rings (SSSR count). The van der Waals surface area contributed by atoms with Crippen molar-refractivity contribution in [1.82, 2.24) is 0 Å². The maximum absolute atomic E-state index is 6.03. The zero-order valence-corrected chi connectivity index (χ0v) is 11.8. The lowest BCUT2D eigenvalue weighted by atomic mass is 10.1. The number of rotatable bonds is 5. The SMILES string of the molecule is COCC(C)Oc1cccc(N2CCCC(N)C2)c1. The predicted octanol–water partition coefficient (Wildman–Crippen LogP) is 2.03. The molecule has 19 heavy (non-hydrogen) atoms. The van der Waals surface area contributed by atoms with Crippen LogP contribution in [0.3, 0.4) is 0 Å². The molecule has 1 fully saturated rings. The Morgan fingerprint density at radius 2 is 2.32 bits per heavy atom. The van der Waals surface area contributed by atoms with E-state index in [1.807, 2.05) is 19.1 Å². The number of anilines is 1. The predicted molar refractivity (Wildman–Crippen MR) is 77.8 cm³/mol. The van der Waals surface area contributed by atoms with Crippen LogP contribution in [-0.4, -0.2) is 39.0 Å². The molecule has 4 nitrogen and oxygen atoms in total. The number of hydrogen-bond acceptors (Lipinski definition) is 4. The Hall–Kier alpha value is -1.26. The number of nitrogens with zero attached hydrogens (tertiary/aromatic N) is 1. The topological polar surface area (TPSA) is 47.7 Å². The first-order valence-electron chi connectivity index (χ1n) is 6.95. The monoisotopic (exact) mass is 264 g/mol. The van der Waals surface area contributed by atoms with Crippen molar-refractivity contribution in [2.24, 2.45) is 5.73 Å². The largest absolute Gasteiger partial charge is 0.488 e. The minimum atomic E-state index is 0.0591. The van der Waals surface area contributed by atoms with Gasteiger partial charge in [-0.1, -0.05) is 6.07 Å². The fourth-order valence-corrected chi connectivity index (χ4v) is 2.50. The van der Waals surface area contributed by atoms with Crippen LogP contribution in [0.1, 0.15) is 19.8 Å². The third-order valence-electron chi connectivity index (χ3n) is 3.38. The highest BCUT2D eigenvalue weighted by molar-refractivity contribution is 5.51. The third-order valence-corrected chi connectivity index (χ3v) is 3.38. The summed E-state index contributed by atoms with van der Waals surface area (Å²) in [6, 6.07) is 8.51. The lowest BCUT2D eigenvalue weighted by molar-refractivity contribution is 0.0921. The maximum atomic E-state index is 6.03. The van der Waals surface area contributed by atoms with Gasteiger partial charge in [0, 0.05) is 38.0 Å². The highest BCUT2D eigenvalue weighted by Crippen LogP contribution is 2.24. The summed E-state index contributed by atoms with van der Waals surface area (Å²) in [4.78, 5) is 2.34. The summed E-state index contributed by atoms with van der Waals surface area (Å²) >= 11 is 0. The molecule has 0 amide bonds. The molecule has 1 aliphatic heterocycles. The van der Waals surface area contributed by atoms with Crippen molar-refractivity contribution in [3.05, 3.63) is 24.3 Å². The first kappa shape index (κ1) is 14.2. The average molecular weight is 264 g/mol. The molecule has 1 saturated heterocycles. The van der Waals surface area contributed by atoms with Gasteiger partial charge in [-0.3, -0.25) is 0 Å². The van der Waals surface area contributed by atoms with Crippen LogP contribution in [0.5, 0.6) is 5.75 Å². The minimum Gasteiger partial charge on any atom is -0.488 e. The first-order valence-corrected chi connectivity index (χ1v) is 6.95. The Kier molecular flexibility index (Phi) is 5.05. The lowest BCUT2D eigenvalue weighted by Crippen LogP contribution is -2.42. The van der Waals surface area contributed by atoms with Crippen molar-refractivity contribution in [3.63, 3.8) is 0 Å². The molecule has 0 radical (unpaired) electrons. The van der Waals surface area contributed by atoms with Crippen LogP contribution in [0.15, 0.2) is 24.3 Å². The van der Waals surface area contributed by atoms with E-state index in [0.29, 0.717) is 6.61 Å². The number of piperidine rings is 1. The molecule has 0 aromatic heterocycles. The molecule has 4 heteroatoms. The van der Waals surface area contributed by atoms with E-state index in [0.717, 1.165) is 31.7 Å². The smallest absolute Gasteiger partial charge is 0.121 e. The Morgan fingerprint density at radius 1 is 1.47 bits per heavy atom. The molecule has 1 aliphatic rings. The molecular weight excluding hydrogens is 240 g/mol. The number of nitrogens with two attached hydrogens (primary N) is 1. The second kappa shape index (κ2) is 6.78. The molecule has 1 heterocycles. The summed E-state index contributed by atoms with van der Waals surface area (Å²) in [5.74, 6) is 0.890. The quantitative estimate of drug-likeness (QED) is 0.884. The number of ether oxygens (including phenoxy) is 2. The van der Waals surface area contributed by atoms with E-state index in [9.17, 15) is 0 Å². The normalized spacial score (nSPS) is 21.2. The molecule has 1 aromatic rings. The van der Waals surface area contributed by atoms with E-state index in [1.165, 1.54) is 5.69 Å². The van der Waals surface area contributed by atoms with Crippen molar-refractivity contribution in [3.8, 4) is 5.75 Å². The zero-order chi connectivity index (χ0) is 13.7. The second-order valence-corrected chi connectivity index (χ2v) is 5.23. The van der Waals surface area contributed by atoms with Gasteiger partial charge in [-0.2, -0.15) is 0 Å². The van der Waals surface area contributed by atoms with Crippen LogP contribution in [0.2, 0.25) is 0 Å². The third kappa shape index (κ3) is 4.11. The summed E-state index contributed by atoms with van der Waals surface area (Å²) in [5, 5.41) is 0. The number of benzene rings is 1. The summed E-state index contributed by atoms with van der Waals surface area (Å²) in [6.45, 7) is 4.60. The highest BCUT2D eigenvalue weighted by Gasteiger charge is 2.17. The molecule has 2 unspecified atom stereocenters. The fourth-order valence-electron chi connectivity index (χ4n) is 2.50. The van der Waals surface area contributed by atoms with Crippen LogP contribution in [-0.2, 0) is 4.74 Å². The molecule has 0 saturated carbocycles. The average Bonchev–Trinajstić information content (AvgIpc) is 2.39. The summed E-state index contributed by atoms with van der Waals surface area (Å²) in [6.07, 6.45) is 2.34. The molecule has 0 aliphatic carbocycles. The van der Waals surface area contributed by atoms with Gasteiger partial charge >= 0.3 is 0 Å². The van der Waals surface area contributed by atoms with Crippen LogP contribution in [0.4, 0.5) is 5.69 Å². The van der Waals surface area contributed by atoms with Gasteiger partial charge in [0.15, 0.2) is 0 Å². The Morgan fingerprint density at radius 3 is 3.05 bits per heavy atom. The van der Waals surface area contributed by atoms with E-state index in [1.54, 1.807) is 7.11 Å². The van der Waals surface area contributed by atoms with Gasteiger partial charge < -0.3 is 20.1 Å². The van der Waals surface area contributed by atoms with Crippen molar-refractivity contribution >= 4 is 5.69 Å². The first-order chi connectivity index (χ1) is 9.19. The molecule has 0 spiro atoms. The molecular formula is C15H24N2O2. The highest BCUT2D eigenvalue weighted by atomic mass is 16.5. The summed E-state index contributed by atoms with van der Waals surface area (Å²) in [5.41, 5.74) is 7.22. The molecule has 106 valence electrons. The molecule has 0 bridgehead atoms. The van der Waals surface area contributed by atoms with E-state index in [2.05, 4.69) is 17.0 Å². The van der Waals surface area contributed by atoms with Crippen LogP contribution in [0.25, 0.3) is 0 Å². The van der Waals surface area contributed by atoms with Crippen LogP contribution in [0, 0.1) is 0 Å². The summed E-state index contributed by atoms with van der Waals surface area (Å²) < 4.78 is 10.9.